The Morgan fingerprint density at radius 3 is 1.76 bits per heavy atom. The number of hydrogen-bond acceptors (Lipinski definition) is 2. The average Bonchev–Trinajstić information content (AvgIpc) is 3.14. The summed E-state index contributed by atoms with van der Waals surface area (Å²) in [7, 11) is 0. The molecule has 3 nitrogen and oxygen atoms in total. The van der Waals surface area contributed by atoms with Gasteiger partial charge in [0.2, 0.25) is 5.84 Å². The van der Waals surface area contributed by atoms with E-state index < -0.39 is 0 Å². The minimum atomic E-state index is -0.364. The second kappa shape index (κ2) is 17.1. The zero-order valence-corrected chi connectivity index (χ0v) is 20.0. The van der Waals surface area contributed by atoms with Crippen molar-refractivity contribution in [1.29, 1.82) is 0 Å². The van der Waals surface area contributed by atoms with Crippen LogP contribution in [0.5, 0.6) is 0 Å². The Morgan fingerprint density at radius 1 is 0.828 bits per heavy atom. The van der Waals surface area contributed by atoms with Crippen molar-refractivity contribution in [3.05, 3.63) is 12.2 Å². The quantitative estimate of drug-likeness (QED) is 0.176. The van der Waals surface area contributed by atoms with Crippen molar-refractivity contribution in [2.24, 2.45) is 4.99 Å². The molecule has 3 heteroatoms. The van der Waals surface area contributed by atoms with Gasteiger partial charge in [0.05, 0.1) is 13.1 Å². The number of quaternary nitrogens is 1. The third kappa shape index (κ3) is 10.8. The molecule has 0 spiro atoms. The molecule has 0 aromatic heterocycles. The Hall–Kier alpha value is -0.670. The first-order chi connectivity index (χ1) is 14.2. The van der Waals surface area contributed by atoms with Crippen LogP contribution in [-0.2, 0) is 0 Å². The van der Waals surface area contributed by atoms with Crippen molar-refractivity contribution >= 4 is 5.84 Å². The number of rotatable bonds is 19. The highest BCUT2D eigenvalue weighted by Gasteiger charge is 2.39. The van der Waals surface area contributed by atoms with Crippen molar-refractivity contribution in [3.63, 3.8) is 0 Å². The maximum atomic E-state index is 10.2. The number of aliphatic hydroxyl groups excluding tert-OH is 1. The van der Waals surface area contributed by atoms with E-state index in [1.807, 2.05) is 6.92 Å². The summed E-state index contributed by atoms with van der Waals surface area (Å²) < 4.78 is 0.634. The molecule has 0 aromatic rings. The van der Waals surface area contributed by atoms with Gasteiger partial charge in [0.25, 0.3) is 0 Å². The monoisotopic (exact) mass is 407 g/mol. The molecule has 1 aliphatic rings. The molecule has 0 saturated heterocycles. The predicted molar refractivity (Wildman–Crippen MR) is 128 cm³/mol. The molecule has 2 unspecified atom stereocenters. The van der Waals surface area contributed by atoms with Crippen LogP contribution in [-0.4, -0.2) is 41.3 Å². The molecule has 1 heterocycles. The highest BCUT2D eigenvalue weighted by Crippen LogP contribution is 2.20. The summed E-state index contributed by atoms with van der Waals surface area (Å²) in [4.78, 5) is 4.63. The topological polar surface area (TPSA) is 32.6 Å². The molecular weight excluding hydrogens is 356 g/mol. The lowest BCUT2D eigenvalue weighted by Crippen LogP contribution is -2.56. The van der Waals surface area contributed by atoms with E-state index in [4.69, 9.17) is 0 Å². The van der Waals surface area contributed by atoms with Crippen LogP contribution in [0.4, 0.5) is 0 Å². The summed E-state index contributed by atoms with van der Waals surface area (Å²) in [5.74, 6) is 1.07. The van der Waals surface area contributed by atoms with Crippen molar-refractivity contribution in [2.45, 2.75) is 130 Å². The summed E-state index contributed by atoms with van der Waals surface area (Å²) >= 11 is 0. The smallest absolute Gasteiger partial charge is 0.224 e. The van der Waals surface area contributed by atoms with E-state index >= 15 is 0 Å². The summed E-state index contributed by atoms with van der Waals surface area (Å²) in [6.07, 6.45) is 26.5. The van der Waals surface area contributed by atoms with Crippen molar-refractivity contribution in [1.82, 2.24) is 0 Å². The molecule has 0 saturated carbocycles. The van der Waals surface area contributed by atoms with Crippen LogP contribution in [0.1, 0.15) is 124 Å². The highest BCUT2D eigenvalue weighted by atomic mass is 16.3. The minimum Gasteiger partial charge on any atom is -0.345 e. The van der Waals surface area contributed by atoms with E-state index in [1.165, 1.54) is 96.3 Å². The van der Waals surface area contributed by atoms with Gasteiger partial charge in [-0.25, -0.2) is 9.48 Å². The van der Waals surface area contributed by atoms with Gasteiger partial charge in [0.1, 0.15) is 6.54 Å². The number of unbranched alkanes of at least 4 members (excludes halogenated alkanes) is 15. The minimum absolute atomic E-state index is 0.364. The maximum absolute atomic E-state index is 10.2. The zero-order valence-electron chi connectivity index (χ0n) is 20.0. The Bertz CT molecular complexity index is 444. The highest BCUT2D eigenvalue weighted by molar-refractivity contribution is 5.88. The van der Waals surface area contributed by atoms with Gasteiger partial charge in [-0.15, -0.1) is 0 Å². The summed E-state index contributed by atoms with van der Waals surface area (Å²) in [6.45, 7) is 9.03. The SMILES string of the molecule is CCCCCCCCCCCCCCCCC/C=C/C1=NCC[N+]1(CC)C(C)O. The molecule has 0 radical (unpaired) electrons. The standard InChI is InChI=1S/C26H51N2O/c1-4-6-7-8-9-10-11-12-13-14-15-16-17-18-19-20-21-22-26-27-23-24-28(26,5-2)25(3)29/h21-22,25,29H,4-20,23-24H2,1-3H3/q+1/b22-21+. The fourth-order valence-corrected chi connectivity index (χ4v) is 4.58. The fourth-order valence-electron chi connectivity index (χ4n) is 4.58. The van der Waals surface area contributed by atoms with Crippen molar-refractivity contribution in [3.8, 4) is 0 Å². The van der Waals surface area contributed by atoms with Crippen LogP contribution in [0.25, 0.3) is 0 Å². The molecule has 1 rings (SSSR count). The van der Waals surface area contributed by atoms with Crippen molar-refractivity contribution in [2.75, 3.05) is 19.6 Å². The molecule has 0 fully saturated rings. The maximum Gasteiger partial charge on any atom is 0.224 e. The first kappa shape index (κ1) is 26.4. The van der Waals surface area contributed by atoms with Gasteiger partial charge in [-0.3, -0.25) is 0 Å². The third-order valence-electron chi connectivity index (χ3n) is 6.75. The lowest BCUT2D eigenvalue weighted by atomic mass is 10.0. The first-order valence-electron chi connectivity index (χ1n) is 12.9. The normalized spacial score (nSPS) is 20.5. The third-order valence-corrected chi connectivity index (χ3v) is 6.75. The number of aliphatic hydroxyl groups is 1. The molecule has 0 amide bonds. The van der Waals surface area contributed by atoms with E-state index in [2.05, 4.69) is 31.0 Å². The summed E-state index contributed by atoms with van der Waals surface area (Å²) in [6, 6.07) is 0. The van der Waals surface area contributed by atoms with Crippen LogP contribution in [0, 0.1) is 0 Å². The molecule has 2 atom stereocenters. The molecular formula is C26H51N2O+. The first-order valence-corrected chi connectivity index (χ1v) is 12.9. The molecule has 0 bridgehead atoms. The number of likely N-dealkylation sites (N-methyl/N-ethyl adjacent to an activating group) is 1. The molecule has 170 valence electrons. The molecule has 0 aliphatic carbocycles. The summed E-state index contributed by atoms with van der Waals surface area (Å²) in [5, 5.41) is 10.2. The lowest BCUT2D eigenvalue weighted by Gasteiger charge is -2.35. The zero-order chi connectivity index (χ0) is 21.2. The molecule has 29 heavy (non-hydrogen) atoms. The van der Waals surface area contributed by atoms with Crippen LogP contribution >= 0.6 is 0 Å². The van der Waals surface area contributed by atoms with Crippen LogP contribution < -0.4 is 0 Å². The number of hydrogen-bond donors (Lipinski definition) is 1. The van der Waals surface area contributed by atoms with Crippen LogP contribution in [0.3, 0.4) is 0 Å². The van der Waals surface area contributed by atoms with Crippen molar-refractivity contribution < 1.29 is 9.59 Å². The van der Waals surface area contributed by atoms with Gasteiger partial charge in [0, 0.05) is 13.0 Å². The molecule has 1 aliphatic heterocycles. The number of nitrogens with zero attached hydrogens (tertiary/aromatic N) is 2. The van der Waals surface area contributed by atoms with E-state index in [1.54, 1.807) is 0 Å². The van der Waals surface area contributed by atoms with E-state index in [0.29, 0.717) is 4.48 Å². The largest absolute Gasteiger partial charge is 0.345 e. The Labute approximate surface area is 182 Å². The number of amidine groups is 1. The van der Waals surface area contributed by atoms with Gasteiger partial charge in [0.15, 0.2) is 6.23 Å². The number of allylic oxidation sites excluding steroid dienone is 1. The van der Waals surface area contributed by atoms with Crippen LogP contribution in [0.15, 0.2) is 17.1 Å². The lowest BCUT2D eigenvalue weighted by molar-refractivity contribution is -0.880. The second-order valence-electron chi connectivity index (χ2n) is 9.09. The fraction of sp³-hybridized carbons (Fsp3) is 0.885. The average molecular weight is 408 g/mol. The van der Waals surface area contributed by atoms with Gasteiger partial charge in [-0.1, -0.05) is 103 Å². The van der Waals surface area contributed by atoms with Crippen LogP contribution in [0.2, 0.25) is 0 Å². The van der Waals surface area contributed by atoms with E-state index in [-0.39, 0.29) is 6.23 Å². The predicted octanol–water partition coefficient (Wildman–Crippen LogP) is 7.39. The molecule has 1 N–H and O–H groups in total. The van der Waals surface area contributed by atoms with Gasteiger partial charge < -0.3 is 5.11 Å². The van der Waals surface area contributed by atoms with Gasteiger partial charge in [-0.05, 0) is 19.8 Å². The Balaban J connectivity index is 1.91. The van der Waals surface area contributed by atoms with E-state index in [0.717, 1.165) is 31.9 Å². The second-order valence-corrected chi connectivity index (χ2v) is 9.09. The Morgan fingerprint density at radius 2 is 1.31 bits per heavy atom. The van der Waals surface area contributed by atoms with Gasteiger partial charge in [-0.2, -0.15) is 0 Å². The molecule has 0 aromatic carbocycles. The number of aliphatic imine (C=N–C) groups is 1. The van der Waals surface area contributed by atoms with E-state index in [9.17, 15) is 5.11 Å². The van der Waals surface area contributed by atoms with Gasteiger partial charge >= 0.3 is 0 Å². The Kier molecular flexibility index (Phi) is 15.5. The summed E-state index contributed by atoms with van der Waals surface area (Å²) in [5.41, 5.74) is 0.